The monoisotopic (exact) mass is 454 g/mol. The molecule has 2 aromatic carbocycles. The van der Waals surface area contributed by atoms with Crippen LogP contribution in [0.1, 0.15) is 24.3 Å². The van der Waals surface area contributed by atoms with Gasteiger partial charge < -0.3 is 9.47 Å². The van der Waals surface area contributed by atoms with E-state index in [-0.39, 0.29) is 41.7 Å². The fourth-order valence-corrected chi connectivity index (χ4v) is 3.25. The van der Waals surface area contributed by atoms with Crippen molar-refractivity contribution in [2.24, 2.45) is 0 Å². The molecule has 168 valence electrons. The van der Waals surface area contributed by atoms with Gasteiger partial charge in [-0.05, 0) is 30.2 Å². The highest BCUT2D eigenvalue weighted by Gasteiger charge is 2.25. The van der Waals surface area contributed by atoms with E-state index in [2.05, 4.69) is 21.0 Å². The number of benzene rings is 2. The third-order valence-corrected chi connectivity index (χ3v) is 4.79. The van der Waals surface area contributed by atoms with Crippen LogP contribution in [0.2, 0.25) is 0 Å². The maximum atomic E-state index is 14.1. The summed E-state index contributed by atoms with van der Waals surface area (Å²) in [6.07, 6.45) is 4.44. The molecule has 0 bridgehead atoms. The number of H-pyrrole nitrogens is 1. The average molecular weight is 454 g/mol. The van der Waals surface area contributed by atoms with Crippen LogP contribution < -0.4 is 10.4 Å². The molecule has 1 N–H and O–H groups in total. The number of terminal acetylenes is 1. The molecule has 0 fully saturated rings. The average Bonchev–Trinajstić information content (AvgIpc) is 3.20. The second-order valence-corrected chi connectivity index (χ2v) is 7.03. The molecular weight excluding hydrogens is 437 g/mol. The van der Waals surface area contributed by atoms with E-state index in [4.69, 9.17) is 15.9 Å². The summed E-state index contributed by atoms with van der Waals surface area (Å²) in [6.45, 7) is 1.70. The van der Waals surface area contributed by atoms with Crippen molar-refractivity contribution in [3.63, 3.8) is 0 Å². The fourth-order valence-electron chi connectivity index (χ4n) is 3.25. The van der Waals surface area contributed by atoms with Gasteiger partial charge in [-0.25, -0.2) is 18.0 Å². The Balaban J connectivity index is 1.86. The zero-order valence-corrected chi connectivity index (χ0v) is 17.3. The highest BCUT2D eigenvalue weighted by atomic mass is 19.2. The zero-order chi connectivity index (χ0) is 23.5. The van der Waals surface area contributed by atoms with E-state index >= 15 is 0 Å². The van der Waals surface area contributed by atoms with E-state index in [1.54, 1.807) is 6.92 Å². The lowest BCUT2D eigenvalue weighted by Gasteiger charge is -2.13. The molecule has 1 atom stereocenters. The second-order valence-electron chi connectivity index (χ2n) is 7.03. The largest absolute Gasteiger partial charge is 0.451 e. The van der Waals surface area contributed by atoms with Gasteiger partial charge in [0.05, 0.1) is 18.3 Å². The summed E-state index contributed by atoms with van der Waals surface area (Å²) in [5, 5.41) is 4.25. The topological polar surface area (TPSA) is 81.5 Å². The van der Waals surface area contributed by atoms with Crippen LogP contribution in [0.15, 0.2) is 47.3 Å². The molecule has 0 aliphatic carbocycles. The lowest BCUT2D eigenvalue weighted by atomic mass is 10.0. The number of aromatic nitrogens is 4. The van der Waals surface area contributed by atoms with Crippen molar-refractivity contribution in [2.45, 2.75) is 19.6 Å². The van der Waals surface area contributed by atoms with Gasteiger partial charge in [0.1, 0.15) is 5.69 Å². The van der Waals surface area contributed by atoms with Crippen LogP contribution in [0.3, 0.4) is 0 Å². The Bertz CT molecular complexity index is 1390. The highest BCUT2D eigenvalue weighted by molar-refractivity contribution is 5.80. The third kappa shape index (κ3) is 4.44. The molecule has 1 unspecified atom stereocenters. The molecule has 0 aliphatic rings. The Morgan fingerprint density at radius 1 is 1.18 bits per heavy atom. The molecule has 0 saturated heterocycles. The number of ether oxygens (including phenoxy) is 2. The minimum Gasteiger partial charge on any atom is -0.451 e. The number of aromatic amines is 1. The minimum atomic E-state index is -1.62. The number of nitrogens with zero attached hydrogens (tertiary/aromatic N) is 3. The first-order valence-electron chi connectivity index (χ1n) is 9.78. The predicted molar refractivity (Wildman–Crippen MR) is 113 cm³/mol. The quantitative estimate of drug-likeness (QED) is 0.340. The molecule has 2 aromatic heterocycles. The van der Waals surface area contributed by atoms with Crippen molar-refractivity contribution >= 4 is 5.65 Å². The maximum absolute atomic E-state index is 14.1. The molecule has 4 rings (SSSR count). The molecule has 0 spiro atoms. The van der Waals surface area contributed by atoms with Gasteiger partial charge in [-0.3, -0.25) is 4.98 Å². The van der Waals surface area contributed by atoms with Crippen molar-refractivity contribution < 1.29 is 22.6 Å². The van der Waals surface area contributed by atoms with Crippen LogP contribution in [0.5, 0.6) is 6.01 Å². The van der Waals surface area contributed by atoms with Crippen LogP contribution >= 0.6 is 0 Å². The van der Waals surface area contributed by atoms with Crippen molar-refractivity contribution in [1.29, 1.82) is 0 Å². The molecule has 4 aromatic rings. The SMILES string of the molecule is C#CCOc1nc2c(-c3cc(F)c(F)c(F)c3)c(C(C)OCc3ccccc3)nn2c(=O)[nH]1. The first kappa shape index (κ1) is 22.1. The summed E-state index contributed by atoms with van der Waals surface area (Å²) in [5.74, 6) is -2.18. The number of fused-ring (bicyclic) bond motifs is 1. The van der Waals surface area contributed by atoms with E-state index in [0.29, 0.717) is 0 Å². The molecular formula is C23H17F3N4O3. The Morgan fingerprint density at radius 2 is 1.88 bits per heavy atom. The lowest BCUT2D eigenvalue weighted by Crippen LogP contribution is -2.20. The maximum Gasteiger partial charge on any atom is 0.352 e. The van der Waals surface area contributed by atoms with Crippen LogP contribution in [-0.4, -0.2) is 26.2 Å². The standard InChI is InChI=1S/C23H17F3N4O3/c1-3-9-32-22-27-21-18(15-10-16(24)19(26)17(25)11-15)20(29-30(21)23(31)28-22)13(2)33-12-14-7-5-4-6-8-14/h1,4-8,10-11,13H,9,12H2,2H3,(H,27,28,31). The van der Waals surface area contributed by atoms with Crippen LogP contribution in [0, 0.1) is 29.8 Å². The molecule has 10 heteroatoms. The summed E-state index contributed by atoms with van der Waals surface area (Å²) < 4.78 is 53.7. The van der Waals surface area contributed by atoms with Crippen molar-refractivity contribution in [1.82, 2.24) is 19.6 Å². The van der Waals surface area contributed by atoms with Crippen LogP contribution in [0.25, 0.3) is 16.8 Å². The molecule has 0 amide bonds. The van der Waals surface area contributed by atoms with Gasteiger partial charge in [0, 0.05) is 0 Å². The van der Waals surface area contributed by atoms with Gasteiger partial charge in [0.25, 0.3) is 0 Å². The molecule has 0 saturated carbocycles. The Hall–Kier alpha value is -4.10. The zero-order valence-electron chi connectivity index (χ0n) is 17.3. The fraction of sp³-hybridized carbons (Fsp3) is 0.174. The van der Waals surface area contributed by atoms with Crippen molar-refractivity contribution in [2.75, 3.05) is 6.61 Å². The predicted octanol–water partition coefficient (Wildman–Crippen LogP) is 3.79. The Kier molecular flexibility index (Phi) is 6.15. The molecule has 33 heavy (non-hydrogen) atoms. The van der Waals surface area contributed by atoms with Gasteiger partial charge in [0.2, 0.25) is 0 Å². The second kappa shape index (κ2) is 9.18. The van der Waals surface area contributed by atoms with E-state index < -0.39 is 29.2 Å². The summed E-state index contributed by atoms with van der Waals surface area (Å²) in [4.78, 5) is 19.1. The van der Waals surface area contributed by atoms with Crippen LogP contribution in [0.4, 0.5) is 13.2 Å². The van der Waals surface area contributed by atoms with E-state index in [0.717, 1.165) is 22.2 Å². The summed E-state index contributed by atoms with van der Waals surface area (Å²) in [7, 11) is 0. The highest BCUT2D eigenvalue weighted by Crippen LogP contribution is 2.34. The number of rotatable bonds is 7. The first-order valence-corrected chi connectivity index (χ1v) is 9.78. The van der Waals surface area contributed by atoms with Gasteiger partial charge >= 0.3 is 11.7 Å². The third-order valence-electron chi connectivity index (χ3n) is 4.79. The van der Waals surface area contributed by atoms with Crippen molar-refractivity contribution in [3.05, 3.63) is 81.7 Å². The van der Waals surface area contributed by atoms with E-state index in [1.807, 2.05) is 30.3 Å². The van der Waals surface area contributed by atoms with Crippen molar-refractivity contribution in [3.8, 4) is 29.5 Å². The van der Waals surface area contributed by atoms with E-state index in [9.17, 15) is 18.0 Å². The number of hydrogen-bond donors (Lipinski definition) is 1. The van der Waals surface area contributed by atoms with Gasteiger partial charge in [0.15, 0.2) is 29.7 Å². The van der Waals surface area contributed by atoms with E-state index in [1.165, 1.54) is 0 Å². The summed E-state index contributed by atoms with van der Waals surface area (Å²) >= 11 is 0. The Morgan fingerprint density at radius 3 is 2.55 bits per heavy atom. The number of hydrogen-bond acceptors (Lipinski definition) is 5. The number of nitrogens with one attached hydrogen (secondary N) is 1. The molecule has 0 radical (unpaired) electrons. The minimum absolute atomic E-state index is 0.0682. The lowest BCUT2D eigenvalue weighted by molar-refractivity contribution is 0.0499. The van der Waals surface area contributed by atoms with Gasteiger partial charge in [-0.15, -0.1) is 6.42 Å². The molecule has 0 aliphatic heterocycles. The normalized spacial score (nSPS) is 12.0. The number of halogens is 3. The first-order chi connectivity index (χ1) is 15.9. The van der Waals surface area contributed by atoms with Gasteiger partial charge in [-0.2, -0.15) is 14.6 Å². The summed E-state index contributed by atoms with van der Waals surface area (Å²) in [6, 6.07) is 10.7. The molecule has 2 heterocycles. The smallest absolute Gasteiger partial charge is 0.352 e. The van der Waals surface area contributed by atoms with Gasteiger partial charge in [-0.1, -0.05) is 36.3 Å². The van der Waals surface area contributed by atoms with Crippen LogP contribution in [-0.2, 0) is 11.3 Å². The Labute approximate surface area is 185 Å². The summed E-state index contributed by atoms with van der Waals surface area (Å²) in [5.41, 5.74) is 0.273. The molecule has 7 nitrogen and oxygen atoms in total.